The van der Waals surface area contributed by atoms with Crippen LogP contribution in [0.5, 0.6) is 0 Å². The Morgan fingerprint density at radius 2 is 2.19 bits per heavy atom. The summed E-state index contributed by atoms with van der Waals surface area (Å²) in [4.78, 5) is 0. The number of hydrogen-bond acceptors (Lipinski definition) is 4. The Morgan fingerprint density at radius 3 is 2.94 bits per heavy atom. The van der Waals surface area contributed by atoms with Crippen LogP contribution in [0.1, 0.15) is 11.5 Å². The predicted molar refractivity (Wildman–Crippen MR) is 62.2 cm³/mol. The first kappa shape index (κ1) is 11.1. The number of nitrogens with one attached hydrogen (secondary N) is 1. The van der Waals surface area contributed by atoms with Crippen molar-refractivity contribution in [2.45, 2.75) is 13.5 Å². The van der Waals surface area contributed by atoms with E-state index in [1.54, 1.807) is 0 Å². The summed E-state index contributed by atoms with van der Waals surface area (Å²) in [6, 6.07) is 5.62. The van der Waals surface area contributed by atoms with Crippen molar-refractivity contribution in [2.24, 2.45) is 0 Å². The molecular formula is C11H12ClN3O. The van der Waals surface area contributed by atoms with E-state index in [-0.39, 0.29) is 0 Å². The maximum atomic E-state index is 6.03. The van der Waals surface area contributed by atoms with Gasteiger partial charge in [-0.15, -0.1) is 10.2 Å². The Kier molecular flexibility index (Phi) is 3.22. The van der Waals surface area contributed by atoms with Gasteiger partial charge in [-0.05, 0) is 31.7 Å². The highest BCUT2D eigenvalue weighted by Gasteiger charge is 2.11. The van der Waals surface area contributed by atoms with E-state index >= 15 is 0 Å². The molecule has 2 aromatic rings. The van der Waals surface area contributed by atoms with Crippen LogP contribution in [0.15, 0.2) is 22.6 Å². The summed E-state index contributed by atoms with van der Waals surface area (Å²) < 4.78 is 5.50. The van der Waals surface area contributed by atoms with Crippen molar-refractivity contribution in [1.29, 1.82) is 0 Å². The number of aromatic nitrogens is 2. The first-order valence-electron chi connectivity index (χ1n) is 4.95. The lowest BCUT2D eigenvalue weighted by molar-refractivity contribution is 0.490. The Morgan fingerprint density at radius 1 is 1.38 bits per heavy atom. The zero-order chi connectivity index (χ0) is 11.5. The van der Waals surface area contributed by atoms with Crippen molar-refractivity contribution in [1.82, 2.24) is 15.5 Å². The molecule has 0 saturated carbocycles. The fourth-order valence-corrected chi connectivity index (χ4v) is 1.60. The predicted octanol–water partition coefficient (Wildman–Crippen LogP) is 2.42. The van der Waals surface area contributed by atoms with Gasteiger partial charge in [0.15, 0.2) is 0 Å². The second-order valence-corrected chi connectivity index (χ2v) is 3.85. The molecule has 4 nitrogen and oxygen atoms in total. The Hall–Kier alpha value is -1.39. The molecular weight excluding hydrogens is 226 g/mol. The maximum Gasteiger partial charge on any atom is 0.248 e. The highest BCUT2D eigenvalue weighted by Crippen LogP contribution is 2.27. The standard InChI is InChI=1S/C11H12ClN3O/c1-7-8(4-3-5-9(7)12)11-15-14-10(16-11)6-13-2/h3-5,13H,6H2,1-2H3. The number of halogens is 1. The molecule has 16 heavy (non-hydrogen) atoms. The fourth-order valence-electron chi connectivity index (χ4n) is 1.42. The van der Waals surface area contributed by atoms with E-state index in [1.165, 1.54) is 0 Å². The Bertz CT molecular complexity index is 496. The molecule has 2 rings (SSSR count). The number of hydrogen-bond donors (Lipinski definition) is 1. The lowest BCUT2D eigenvalue weighted by Gasteiger charge is -2.01. The fraction of sp³-hybridized carbons (Fsp3) is 0.273. The van der Waals surface area contributed by atoms with Gasteiger partial charge < -0.3 is 9.73 Å². The minimum Gasteiger partial charge on any atom is -0.419 e. The summed E-state index contributed by atoms with van der Waals surface area (Å²) in [5.74, 6) is 1.07. The van der Waals surface area contributed by atoms with E-state index in [9.17, 15) is 0 Å². The van der Waals surface area contributed by atoms with Gasteiger partial charge in [0, 0.05) is 10.6 Å². The topological polar surface area (TPSA) is 51.0 Å². The minimum absolute atomic E-state index is 0.505. The van der Waals surface area contributed by atoms with Gasteiger partial charge in [-0.2, -0.15) is 0 Å². The lowest BCUT2D eigenvalue weighted by Crippen LogP contribution is -2.04. The van der Waals surface area contributed by atoms with Gasteiger partial charge in [0.1, 0.15) is 0 Å². The molecule has 0 aliphatic carbocycles. The van der Waals surface area contributed by atoms with E-state index < -0.39 is 0 Å². The highest BCUT2D eigenvalue weighted by molar-refractivity contribution is 6.31. The summed E-state index contributed by atoms with van der Waals surface area (Å²) in [6.07, 6.45) is 0. The molecule has 0 amide bonds. The first-order valence-corrected chi connectivity index (χ1v) is 5.32. The molecule has 0 fully saturated rings. The molecule has 84 valence electrons. The third kappa shape index (κ3) is 2.08. The molecule has 0 saturated heterocycles. The van der Waals surface area contributed by atoms with Gasteiger partial charge in [-0.3, -0.25) is 0 Å². The summed E-state index contributed by atoms with van der Waals surface area (Å²) in [5, 5.41) is 11.6. The third-order valence-corrected chi connectivity index (χ3v) is 2.70. The molecule has 0 aliphatic heterocycles. The minimum atomic E-state index is 0.505. The van der Waals surface area contributed by atoms with Gasteiger partial charge in [-0.1, -0.05) is 17.7 Å². The van der Waals surface area contributed by atoms with Gasteiger partial charge in [0.05, 0.1) is 6.54 Å². The van der Waals surface area contributed by atoms with Crippen LogP contribution in [0.3, 0.4) is 0 Å². The molecule has 1 N–H and O–H groups in total. The van der Waals surface area contributed by atoms with Crippen molar-refractivity contribution in [3.8, 4) is 11.5 Å². The quantitative estimate of drug-likeness (QED) is 0.891. The first-order chi connectivity index (χ1) is 7.72. The van der Waals surface area contributed by atoms with Crippen LogP contribution in [0, 0.1) is 6.92 Å². The Labute approximate surface area is 98.6 Å². The average molecular weight is 238 g/mol. The van der Waals surface area contributed by atoms with Crippen LogP contribution >= 0.6 is 11.6 Å². The van der Waals surface area contributed by atoms with Gasteiger partial charge >= 0.3 is 0 Å². The summed E-state index contributed by atoms with van der Waals surface area (Å²) in [6.45, 7) is 2.49. The van der Waals surface area contributed by atoms with E-state index in [1.807, 2.05) is 32.2 Å². The third-order valence-electron chi connectivity index (χ3n) is 2.29. The lowest BCUT2D eigenvalue weighted by atomic mass is 10.1. The highest BCUT2D eigenvalue weighted by atomic mass is 35.5. The Balaban J connectivity index is 2.39. The molecule has 0 spiro atoms. The van der Waals surface area contributed by atoms with Crippen LogP contribution < -0.4 is 5.32 Å². The molecule has 1 heterocycles. The monoisotopic (exact) mass is 237 g/mol. The van der Waals surface area contributed by atoms with E-state index in [0.717, 1.165) is 11.1 Å². The normalized spacial score (nSPS) is 10.7. The SMILES string of the molecule is CNCc1nnc(-c2cccc(Cl)c2C)o1. The van der Waals surface area contributed by atoms with Gasteiger partial charge in [0.2, 0.25) is 11.8 Å². The largest absolute Gasteiger partial charge is 0.419 e. The second kappa shape index (κ2) is 4.63. The van der Waals surface area contributed by atoms with Crippen molar-refractivity contribution < 1.29 is 4.42 Å². The summed E-state index contributed by atoms with van der Waals surface area (Å²) >= 11 is 6.03. The smallest absolute Gasteiger partial charge is 0.248 e. The van der Waals surface area contributed by atoms with Crippen molar-refractivity contribution >= 4 is 11.6 Å². The van der Waals surface area contributed by atoms with Crippen LogP contribution in [0.2, 0.25) is 5.02 Å². The molecule has 1 aromatic heterocycles. The number of nitrogens with zero attached hydrogens (tertiary/aromatic N) is 2. The molecule has 0 aliphatic rings. The van der Waals surface area contributed by atoms with Gasteiger partial charge in [-0.25, -0.2) is 0 Å². The van der Waals surface area contributed by atoms with Crippen molar-refractivity contribution in [3.63, 3.8) is 0 Å². The van der Waals surface area contributed by atoms with E-state index in [0.29, 0.717) is 23.3 Å². The van der Waals surface area contributed by atoms with E-state index in [4.69, 9.17) is 16.0 Å². The zero-order valence-electron chi connectivity index (χ0n) is 9.12. The van der Waals surface area contributed by atoms with Crippen molar-refractivity contribution in [2.75, 3.05) is 7.05 Å². The molecule has 1 aromatic carbocycles. The number of rotatable bonds is 3. The summed E-state index contributed by atoms with van der Waals surface area (Å²) in [5.41, 5.74) is 1.83. The summed E-state index contributed by atoms with van der Waals surface area (Å²) in [7, 11) is 1.83. The molecule has 0 bridgehead atoms. The maximum absolute atomic E-state index is 6.03. The van der Waals surface area contributed by atoms with Crippen LogP contribution in [-0.4, -0.2) is 17.2 Å². The van der Waals surface area contributed by atoms with Crippen LogP contribution in [-0.2, 0) is 6.54 Å². The molecule has 0 radical (unpaired) electrons. The molecule has 0 atom stereocenters. The molecule has 0 unspecified atom stereocenters. The van der Waals surface area contributed by atoms with Crippen LogP contribution in [0.25, 0.3) is 11.5 Å². The molecule has 5 heteroatoms. The zero-order valence-corrected chi connectivity index (χ0v) is 9.88. The van der Waals surface area contributed by atoms with Crippen molar-refractivity contribution in [3.05, 3.63) is 34.7 Å². The average Bonchev–Trinajstić information content (AvgIpc) is 2.71. The van der Waals surface area contributed by atoms with E-state index in [2.05, 4.69) is 15.5 Å². The number of benzene rings is 1. The van der Waals surface area contributed by atoms with Crippen LogP contribution in [0.4, 0.5) is 0 Å². The van der Waals surface area contributed by atoms with Gasteiger partial charge in [0.25, 0.3) is 0 Å². The second-order valence-electron chi connectivity index (χ2n) is 3.44.